The molecule has 3 amide bonds. The summed E-state index contributed by atoms with van der Waals surface area (Å²) in [5.74, 6) is 0.662. The smallest absolute Gasteiger partial charge is 0.321 e. The van der Waals surface area contributed by atoms with E-state index in [-0.39, 0.29) is 5.91 Å². The van der Waals surface area contributed by atoms with Crippen molar-refractivity contribution in [2.45, 2.75) is 44.6 Å². The van der Waals surface area contributed by atoms with E-state index in [1.165, 1.54) is 22.0 Å². The number of hydrogen-bond acceptors (Lipinski definition) is 3. The van der Waals surface area contributed by atoms with Crippen LogP contribution < -0.4 is 10.6 Å². The molecule has 2 aliphatic rings. The number of fused-ring (bicyclic) bond motifs is 2. The Morgan fingerprint density at radius 2 is 1.97 bits per heavy atom. The van der Waals surface area contributed by atoms with Gasteiger partial charge in [-0.2, -0.15) is 0 Å². The molecule has 2 aromatic carbocycles. The topological polar surface area (TPSA) is 77.2 Å². The lowest BCUT2D eigenvalue weighted by atomic mass is 9.71. The minimum Gasteiger partial charge on any atom is -0.361 e. The molecular formula is C27H32N4O2. The monoisotopic (exact) mass is 444 g/mol. The Hall–Kier alpha value is -3.12. The molecule has 1 saturated heterocycles. The SMILES string of the molecule is CCCN1C[C@H](CCNC(=O)NC(=O)c2ccccc2)CC2c3cccc4[nH]cc(c34)C[C@H]21. The molecule has 2 heterocycles. The lowest BCUT2D eigenvalue weighted by Crippen LogP contribution is -2.50. The molecule has 172 valence electrons. The average molecular weight is 445 g/mol. The molecule has 1 aliphatic carbocycles. The Kier molecular flexibility index (Phi) is 6.18. The molecule has 0 spiro atoms. The number of amides is 3. The maximum atomic E-state index is 12.2. The minimum atomic E-state index is -0.428. The maximum absolute atomic E-state index is 12.2. The predicted octanol–water partition coefficient (Wildman–Crippen LogP) is 4.44. The highest BCUT2D eigenvalue weighted by Gasteiger charge is 2.40. The summed E-state index contributed by atoms with van der Waals surface area (Å²) in [5.41, 5.74) is 4.65. The van der Waals surface area contributed by atoms with Crippen LogP contribution in [0.5, 0.6) is 0 Å². The standard InChI is InChI=1S/C27H32N4O2/c1-2-13-31-17-18(11-12-28-27(33)30-26(32)19-7-4-3-5-8-19)14-22-21-9-6-10-23-25(21)20(16-29-23)15-24(22)31/h3-10,16,18,22,24,29H,2,11-15,17H2,1H3,(H2,28,30,32,33)/t18-,22?,24-/m1/s1. The molecule has 3 atom stereocenters. The number of H-pyrrole nitrogens is 1. The number of aromatic amines is 1. The van der Waals surface area contributed by atoms with Crippen molar-refractivity contribution in [1.82, 2.24) is 20.5 Å². The second-order valence-corrected chi connectivity index (χ2v) is 9.42. The van der Waals surface area contributed by atoms with Crippen LogP contribution in [-0.2, 0) is 6.42 Å². The van der Waals surface area contributed by atoms with Gasteiger partial charge in [0.1, 0.15) is 0 Å². The van der Waals surface area contributed by atoms with Gasteiger partial charge in [-0.15, -0.1) is 0 Å². The predicted molar refractivity (Wildman–Crippen MR) is 130 cm³/mol. The zero-order valence-corrected chi connectivity index (χ0v) is 19.1. The van der Waals surface area contributed by atoms with Crippen molar-refractivity contribution in [3.63, 3.8) is 0 Å². The van der Waals surface area contributed by atoms with Gasteiger partial charge in [-0.05, 0) is 67.5 Å². The van der Waals surface area contributed by atoms with Crippen LogP contribution in [0.1, 0.15) is 53.6 Å². The number of imide groups is 1. The summed E-state index contributed by atoms with van der Waals surface area (Å²) in [7, 11) is 0. The lowest BCUT2D eigenvalue weighted by molar-refractivity contribution is 0.0814. The third-order valence-corrected chi connectivity index (χ3v) is 7.27. The normalized spacial score (nSPS) is 22.0. The highest BCUT2D eigenvalue weighted by Crippen LogP contribution is 2.45. The van der Waals surface area contributed by atoms with Crippen LogP contribution >= 0.6 is 0 Å². The van der Waals surface area contributed by atoms with Gasteiger partial charge in [0.05, 0.1) is 0 Å². The fourth-order valence-electron chi connectivity index (χ4n) is 5.85. The summed E-state index contributed by atoms with van der Waals surface area (Å²) in [4.78, 5) is 30.6. The molecule has 6 heteroatoms. The first-order valence-electron chi connectivity index (χ1n) is 12.1. The fourth-order valence-corrected chi connectivity index (χ4v) is 5.85. The van der Waals surface area contributed by atoms with Crippen molar-refractivity contribution in [3.05, 3.63) is 71.4 Å². The van der Waals surface area contributed by atoms with Crippen molar-refractivity contribution in [2.24, 2.45) is 5.92 Å². The Balaban J connectivity index is 1.22. The zero-order chi connectivity index (χ0) is 22.8. The van der Waals surface area contributed by atoms with E-state index < -0.39 is 6.03 Å². The molecule has 3 N–H and O–H groups in total. The van der Waals surface area contributed by atoms with Gasteiger partial charge in [0.2, 0.25) is 0 Å². The van der Waals surface area contributed by atoms with Gasteiger partial charge in [-0.3, -0.25) is 15.0 Å². The van der Waals surface area contributed by atoms with Gasteiger partial charge >= 0.3 is 6.03 Å². The molecular weight excluding hydrogens is 412 g/mol. The molecule has 1 fully saturated rings. The summed E-state index contributed by atoms with van der Waals surface area (Å²) in [5, 5.41) is 6.74. The highest BCUT2D eigenvalue weighted by atomic mass is 16.2. The summed E-state index contributed by atoms with van der Waals surface area (Å²) in [6, 6.07) is 15.6. The second kappa shape index (κ2) is 9.40. The molecule has 1 aromatic heterocycles. The summed E-state index contributed by atoms with van der Waals surface area (Å²) in [6.07, 6.45) is 6.49. The van der Waals surface area contributed by atoms with Crippen LogP contribution in [0.4, 0.5) is 4.79 Å². The number of piperidine rings is 1. The first-order valence-corrected chi connectivity index (χ1v) is 12.1. The number of aromatic nitrogens is 1. The fraction of sp³-hybridized carbons (Fsp3) is 0.407. The van der Waals surface area contributed by atoms with E-state index in [0.29, 0.717) is 30.0 Å². The molecule has 5 rings (SSSR count). The Bertz CT molecular complexity index is 1140. The number of nitrogens with zero attached hydrogens (tertiary/aromatic N) is 1. The molecule has 3 aromatic rings. The Morgan fingerprint density at radius 3 is 2.79 bits per heavy atom. The van der Waals surface area contributed by atoms with Crippen molar-refractivity contribution in [2.75, 3.05) is 19.6 Å². The summed E-state index contributed by atoms with van der Waals surface area (Å²) in [6.45, 7) is 4.99. The number of carbonyl (C=O) groups is 2. The number of benzene rings is 2. The van der Waals surface area contributed by atoms with Crippen LogP contribution in [0.15, 0.2) is 54.7 Å². The first-order chi connectivity index (χ1) is 16.1. The number of likely N-dealkylation sites (tertiary alicyclic amines) is 1. The van der Waals surface area contributed by atoms with Gasteiger partial charge in [0, 0.05) is 47.7 Å². The Morgan fingerprint density at radius 1 is 1.12 bits per heavy atom. The number of rotatable bonds is 6. The third kappa shape index (κ3) is 4.40. The molecule has 1 aliphatic heterocycles. The molecule has 33 heavy (non-hydrogen) atoms. The molecule has 6 nitrogen and oxygen atoms in total. The Labute approximate surface area is 194 Å². The molecule has 0 radical (unpaired) electrons. The van der Waals surface area contributed by atoms with Gasteiger partial charge in [0.25, 0.3) is 5.91 Å². The van der Waals surface area contributed by atoms with Gasteiger partial charge in [0.15, 0.2) is 0 Å². The summed E-state index contributed by atoms with van der Waals surface area (Å²) < 4.78 is 0. The van der Waals surface area contributed by atoms with Crippen LogP contribution in [0.2, 0.25) is 0 Å². The van der Waals surface area contributed by atoms with E-state index in [4.69, 9.17) is 0 Å². The number of urea groups is 1. The van der Waals surface area contributed by atoms with Gasteiger partial charge < -0.3 is 10.3 Å². The zero-order valence-electron chi connectivity index (χ0n) is 19.1. The van der Waals surface area contributed by atoms with Crippen molar-refractivity contribution >= 4 is 22.8 Å². The number of carbonyl (C=O) groups excluding carboxylic acids is 2. The van der Waals surface area contributed by atoms with E-state index in [1.807, 2.05) is 6.07 Å². The van der Waals surface area contributed by atoms with E-state index in [9.17, 15) is 9.59 Å². The largest absolute Gasteiger partial charge is 0.361 e. The van der Waals surface area contributed by atoms with E-state index in [0.717, 1.165) is 38.8 Å². The van der Waals surface area contributed by atoms with Crippen molar-refractivity contribution in [1.29, 1.82) is 0 Å². The van der Waals surface area contributed by atoms with E-state index in [1.54, 1.807) is 24.3 Å². The lowest BCUT2D eigenvalue weighted by Gasteiger charge is -2.47. The average Bonchev–Trinajstić information content (AvgIpc) is 3.25. The number of hydrogen-bond donors (Lipinski definition) is 3. The first kappa shape index (κ1) is 21.7. The molecule has 0 saturated carbocycles. The van der Waals surface area contributed by atoms with Crippen LogP contribution in [0, 0.1) is 5.92 Å². The van der Waals surface area contributed by atoms with Crippen molar-refractivity contribution < 1.29 is 9.59 Å². The van der Waals surface area contributed by atoms with Crippen LogP contribution in [0.3, 0.4) is 0 Å². The van der Waals surface area contributed by atoms with Crippen LogP contribution in [0.25, 0.3) is 10.9 Å². The minimum absolute atomic E-state index is 0.375. The van der Waals surface area contributed by atoms with Crippen LogP contribution in [-0.4, -0.2) is 47.5 Å². The van der Waals surface area contributed by atoms with Crippen molar-refractivity contribution in [3.8, 4) is 0 Å². The second-order valence-electron chi connectivity index (χ2n) is 9.42. The van der Waals surface area contributed by atoms with Gasteiger partial charge in [-0.25, -0.2) is 4.79 Å². The van der Waals surface area contributed by atoms with E-state index in [2.05, 4.69) is 51.8 Å². The molecule has 1 unspecified atom stereocenters. The van der Waals surface area contributed by atoms with E-state index >= 15 is 0 Å². The highest BCUT2D eigenvalue weighted by molar-refractivity contribution is 6.04. The number of nitrogens with one attached hydrogen (secondary N) is 3. The summed E-state index contributed by atoms with van der Waals surface area (Å²) >= 11 is 0. The maximum Gasteiger partial charge on any atom is 0.321 e. The van der Waals surface area contributed by atoms with Gasteiger partial charge in [-0.1, -0.05) is 37.3 Å². The quantitative estimate of drug-likeness (QED) is 0.526. The molecule has 0 bridgehead atoms. The third-order valence-electron chi connectivity index (χ3n) is 7.27.